The molecular weight excluding hydrogens is 352 g/mol. The van der Waals surface area contributed by atoms with Crippen molar-refractivity contribution in [2.24, 2.45) is 40.4 Å². The fraction of sp³-hybridized carbons (Fsp3) is 0.833. The molecule has 0 spiro atoms. The highest BCUT2D eigenvalue weighted by atomic mass is 16.4. The molecule has 2 N–H and O–H groups in total. The van der Waals surface area contributed by atoms with Gasteiger partial charge in [0.1, 0.15) is 6.29 Å². The molecule has 28 heavy (non-hydrogen) atoms. The maximum absolute atomic E-state index is 12.4. The lowest BCUT2D eigenvalue weighted by Crippen LogP contribution is -2.52. The maximum atomic E-state index is 12.4. The predicted molar refractivity (Wildman–Crippen MR) is 108 cm³/mol. The summed E-state index contributed by atoms with van der Waals surface area (Å²) in [5.41, 5.74) is 1.18. The molecule has 0 aliphatic heterocycles. The lowest BCUT2D eigenvalue weighted by Gasteiger charge is -2.57. The number of aliphatic hydroxyl groups excluding tert-OH is 1. The van der Waals surface area contributed by atoms with Crippen LogP contribution in [-0.4, -0.2) is 28.6 Å². The van der Waals surface area contributed by atoms with Gasteiger partial charge in [0, 0.05) is 6.42 Å². The number of aliphatic carboxylic acids is 1. The Hall–Kier alpha value is -1.16. The van der Waals surface area contributed by atoms with Crippen LogP contribution in [0.1, 0.15) is 78.1 Å². The second-order valence-corrected chi connectivity index (χ2v) is 10.5. The van der Waals surface area contributed by atoms with E-state index in [-0.39, 0.29) is 23.4 Å². The van der Waals surface area contributed by atoms with Gasteiger partial charge in [-0.25, -0.2) is 0 Å². The summed E-state index contributed by atoms with van der Waals surface area (Å²) in [6.45, 7) is 4.71. The first-order valence-electron chi connectivity index (χ1n) is 11.4. The van der Waals surface area contributed by atoms with Gasteiger partial charge in [-0.2, -0.15) is 0 Å². The number of carbonyl (C=O) groups is 2. The minimum Gasteiger partial charge on any atom is -0.481 e. The number of aliphatic hydroxyl groups is 1. The lowest BCUT2D eigenvalue weighted by atomic mass is 9.46. The molecule has 4 rings (SSSR count). The monoisotopic (exact) mass is 388 g/mol. The van der Waals surface area contributed by atoms with Crippen molar-refractivity contribution >= 4 is 12.3 Å². The normalized spacial score (nSPS) is 46.0. The van der Waals surface area contributed by atoms with Crippen molar-refractivity contribution in [2.75, 3.05) is 0 Å². The standard InChI is InChI=1S/C24H36O4/c1-15(3-8-22(27)28)19-6-7-20-18-5-4-16-13-17(26)9-12-24(16,14-25)21(18)10-11-23(19,20)2/h4,14-15,17-21,26H,3,5-13H2,1-2H3,(H,27,28)/t15-,17+,18+,19-,20+,21+,23-,24-/m1/s1. The molecule has 0 aromatic carbocycles. The molecule has 8 atom stereocenters. The van der Waals surface area contributed by atoms with Gasteiger partial charge in [0.15, 0.2) is 0 Å². The molecule has 0 unspecified atom stereocenters. The number of allylic oxidation sites excluding steroid dienone is 1. The van der Waals surface area contributed by atoms with Crippen molar-refractivity contribution in [1.82, 2.24) is 0 Å². The highest BCUT2D eigenvalue weighted by molar-refractivity contribution is 5.67. The number of hydrogen-bond acceptors (Lipinski definition) is 3. The van der Waals surface area contributed by atoms with E-state index in [0.717, 1.165) is 38.5 Å². The molecule has 0 aromatic heterocycles. The molecule has 4 nitrogen and oxygen atoms in total. The van der Waals surface area contributed by atoms with E-state index in [0.29, 0.717) is 36.0 Å². The Morgan fingerprint density at radius 3 is 2.75 bits per heavy atom. The third kappa shape index (κ3) is 2.98. The van der Waals surface area contributed by atoms with Crippen LogP contribution in [-0.2, 0) is 9.59 Å². The van der Waals surface area contributed by atoms with Gasteiger partial charge in [0.25, 0.3) is 0 Å². The van der Waals surface area contributed by atoms with E-state index in [1.54, 1.807) is 0 Å². The molecule has 0 amide bonds. The van der Waals surface area contributed by atoms with E-state index in [9.17, 15) is 14.7 Å². The summed E-state index contributed by atoms with van der Waals surface area (Å²) in [4.78, 5) is 23.4. The van der Waals surface area contributed by atoms with Gasteiger partial charge >= 0.3 is 5.97 Å². The van der Waals surface area contributed by atoms with Gasteiger partial charge in [0.05, 0.1) is 11.5 Å². The zero-order valence-electron chi connectivity index (χ0n) is 17.4. The van der Waals surface area contributed by atoms with Crippen LogP contribution in [0, 0.1) is 40.4 Å². The van der Waals surface area contributed by atoms with Crippen LogP contribution in [0.3, 0.4) is 0 Å². The summed E-state index contributed by atoms with van der Waals surface area (Å²) in [5.74, 6) is 2.01. The number of carboxylic acids is 1. The largest absolute Gasteiger partial charge is 0.481 e. The van der Waals surface area contributed by atoms with E-state index in [2.05, 4.69) is 19.9 Å². The first kappa shape index (κ1) is 20.1. The van der Waals surface area contributed by atoms with Crippen LogP contribution in [0.4, 0.5) is 0 Å². The molecule has 0 radical (unpaired) electrons. The van der Waals surface area contributed by atoms with Gasteiger partial charge in [-0.05, 0) is 92.8 Å². The Bertz CT molecular complexity index is 670. The van der Waals surface area contributed by atoms with Gasteiger partial charge in [-0.15, -0.1) is 0 Å². The number of rotatable bonds is 5. The topological polar surface area (TPSA) is 74.6 Å². The van der Waals surface area contributed by atoms with Crippen molar-refractivity contribution in [3.05, 3.63) is 11.6 Å². The summed E-state index contributed by atoms with van der Waals surface area (Å²) in [6.07, 6.45) is 12.3. The number of carboxylic acid groups (broad SMARTS) is 1. The molecule has 0 saturated heterocycles. The highest BCUT2D eigenvalue weighted by Gasteiger charge is 2.60. The van der Waals surface area contributed by atoms with Crippen LogP contribution >= 0.6 is 0 Å². The Balaban J connectivity index is 1.57. The zero-order valence-corrected chi connectivity index (χ0v) is 17.4. The van der Waals surface area contributed by atoms with Crippen molar-refractivity contribution in [1.29, 1.82) is 0 Å². The molecule has 3 fully saturated rings. The van der Waals surface area contributed by atoms with E-state index >= 15 is 0 Å². The number of hydrogen-bond donors (Lipinski definition) is 2. The van der Waals surface area contributed by atoms with Crippen molar-refractivity contribution in [3.63, 3.8) is 0 Å². The Morgan fingerprint density at radius 1 is 1.25 bits per heavy atom. The number of carbonyl (C=O) groups excluding carboxylic acids is 1. The van der Waals surface area contributed by atoms with Crippen LogP contribution in [0.5, 0.6) is 0 Å². The molecule has 3 saturated carbocycles. The molecule has 4 aliphatic carbocycles. The molecule has 4 heteroatoms. The van der Waals surface area contributed by atoms with Crippen molar-refractivity contribution in [2.45, 2.75) is 84.2 Å². The predicted octanol–water partition coefficient (Wildman–Crippen LogP) is 4.61. The van der Waals surface area contributed by atoms with E-state index < -0.39 is 5.97 Å². The minimum atomic E-state index is -0.687. The smallest absolute Gasteiger partial charge is 0.303 e. The summed E-state index contributed by atoms with van der Waals surface area (Å²) in [7, 11) is 0. The van der Waals surface area contributed by atoms with Crippen molar-refractivity contribution < 1.29 is 19.8 Å². The second kappa shape index (κ2) is 7.27. The highest BCUT2D eigenvalue weighted by Crippen LogP contribution is 2.67. The molecule has 0 bridgehead atoms. The van der Waals surface area contributed by atoms with Crippen LogP contribution in [0.25, 0.3) is 0 Å². The third-order valence-electron chi connectivity index (χ3n) is 9.46. The average Bonchev–Trinajstić information content (AvgIpc) is 3.03. The summed E-state index contributed by atoms with van der Waals surface area (Å²) < 4.78 is 0. The Labute approximate surface area is 168 Å². The molecule has 0 heterocycles. The quantitative estimate of drug-likeness (QED) is 0.533. The van der Waals surface area contributed by atoms with Gasteiger partial charge in [-0.1, -0.05) is 25.5 Å². The number of aldehydes is 1. The first-order valence-corrected chi connectivity index (χ1v) is 11.4. The average molecular weight is 389 g/mol. The van der Waals surface area contributed by atoms with E-state index in [1.165, 1.54) is 24.7 Å². The second-order valence-electron chi connectivity index (χ2n) is 10.5. The fourth-order valence-corrected chi connectivity index (χ4v) is 8.09. The summed E-state index contributed by atoms with van der Waals surface area (Å²) >= 11 is 0. The zero-order chi connectivity index (χ0) is 20.1. The van der Waals surface area contributed by atoms with Crippen LogP contribution < -0.4 is 0 Å². The summed E-state index contributed by atoms with van der Waals surface area (Å²) in [5, 5.41) is 19.2. The Morgan fingerprint density at radius 2 is 2.04 bits per heavy atom. The molecule has 4 aliphatic rings. The first-order chi connectivity index (χ1) is 13.3. The summed E-state index contributed by atoms with van der Waals surface area (Å²) in [6, 6.07) is 0. The van der Waals surface area contributed by atoms with Crippen LogP contribution in [0.2, 0.25) is 0 Å². The van der Waals surface area contributed by atoms with Gasteiger partial charge < -0.3 is 15.0 Å². The number of fused-ring (bicyclic) bond motifs is 5. The molecule has 0 aromatic rings. The van der Waals surface area contributed by atoms with E-state index in [4.69, 9.17) is 5.11 Å². The molecule has 156 valence electrons. The van der Waals surface area contributed by atoms with E-state index in [1.807, 2.05) is 0 Å². The fourth-order valence-electron chi connectivity index (χ4n) is 8.09. The SMILES string of the molecule is C[C@H](CCC(=O)O)[C@H]1CC[C@H]2[C@@H]3CC=C4C[C@@H](O)CC[C@]4(C=O)[C@H]3CC[C@]12C. The molecular formula is C24H36O4. The van der Waals surface area contributed by atoms with Gasteiger partial charge in [-0.3, -0.25) is 4.79 Å². The lowest BCUT2D eigenvalue weighted by molar-refractivity contribution is -0.137. The Kier molecular flexibility index (Phi) is 5.22. The third-order valence-corrected chi connectivity index (χ3v) is 9.46. The van der Waals surface area contributed by atoms with Crippen LogP contribution in [0.15, 0.2) is 11.6 Å². The maximum Gasteiger partial charge on any atom is 0.303 e. The van der Waals surface area contributed by atoms with Gasteiger partial charge in [0.2, 0.25) is 0 Å². The minimum absolute atomic E-state index is 0.271. The van der Waals surface area contributed by atoms with Crippen molar-refractivity contribution in [3.8, 4) is 0 Å².